The SMILES string of the molecule is CCC12CC[C@H]3[C@@H](CCC4=C(Cl)C(=O)CC[C@@H]43)[C@@H]1CCC2(O)C(F)(F)F. The van der Waals surface area contributed by atoms with Crippen LogP contribution in [0.5, 0.6) is 0 Å². The van der Waals surface area contributed by atoms with Crippen LogP contribution in [0.4, 0.5) is 13.2 Å². The van der Waals surface area contributed by atoms with Crippen molar-refractivity contribution in [2.45, 2.75) is 76.5 Å². The molecular formula is C20H26ClF3O2. The molecule has 4 rings (SSSR count). The van der Waals surface area contributed by atoms with E-state index in [0.29, 0.717) is 43.1 Å². The van der Waals surface area contributed by atoms with Crippen molar-refractivity contribution >= 4 is 17.4 Å². The minimum atomic E-state index is -4.58. The number of alkyl halides is 3. The third kappa shape index (κ3) is 2.25. The minimum absolute atomic E-state index is 0.0161. The first-order valence-electron chi connectivity index (χ1n) is 9.87. The van der Waals surface area contributed by atoms with Crippen molar-refractivity contribution in [3.8, 4) is 0 Å². The molecule has 0 amide bonds. The topological polar surface area (TPSA) is 37.3 Å². The molecule has 26 heavy (non-hydrogen) atoms. The van der Waals surface area contributed by atoms with E-state index in [1.807, 2.05) is 0 Å². The Morgan fingerprint density at radius 1 is 1.12 bits per heavy atom. The monoisotopic (exact) mass is 390 g/mol. The molecule has 0 heterocycles. The van der Waals surface area contributed by atoms with Gasteiger partial charge in [0.05, 0.1) is 5.03 Å². The number of hydrogen-bond donors (Lipinski definition) is 1. The number of hydrogen-bond acceptors (Lipinski definition) is 2. The van der Waals surface area contributed by atoms with Gasteiger partial charge in [-0.05, 0) is 80.6 Å². The van der Waals surface area contributed by atoms with E-state index in [1.165, 1.54) is 0 Å². The van der Waals surface area contributed by atoms with Crippen LogP contribution in [0.25, 0.3) is 0 Å². The molecule has 2 nitrogen and oxygen atoms in total. The van der Waals surface area contributed by atoms with E-state index in [-0.39, 0.29) is 30.0 Å². The van der Waals surface area contributed by atoms with Crippen LogP contribution in [-0.4, -0.2) is 22.7 Å². The number of rotatable bonds is 1. The molecular weight excluding hydrogens is 365 g/mol. The highest BCUT2D eigenvalue weighted by Crippen LogP contribution is 2.69. The molecule has 0 aliphatic heterocycles. The maximum Gasteiger partial charge on any atom is 0.417 e. The Morgan fingerprint density at radius 3 is 2.50 bits per heavy atom. The van der Waals surface area contributed by atoms with Crippen LogP contribution < -0.4 is 0 Å². The summed E-state index contributed by atoms with van der Waals surface area (Å²) < 4.78 is 41.5. The number of allylic oxidation sites excluding steroid dienone is 1. The first kappa shape index (κ1) is 18.8. The Bertz CT molecular complexity index is 658. The lowest BCUT2D eigenvalue weighted by Crippen LogP contribution is -2.60. The Morgan fingerprint density at radius 2 is 1.85 bits per heavy atom. The van der Waals surface area contributed by atoms with E-state index in [9.17, 15) is 23.1 Å². The number of carbonyl (C=O) groups excluding carboxylic acids is 1. The summed E-state index contributed by atoms with van der Waals surface area (Å²) in [6, 6.07) is 0. The molecule has 0 bridgehead atoms. The average Bonchev–Trinajstić information content (AvgIpc) is 2.92. The van der Waals surface area contributed by atoms with Crippen molar-refractivity contribution in [3.05, 3.63) is 10.6 Å². The molecule has 3 fully saturated rings. The maximum absolute atomic E-state index is 13.8. The lowest BCUT2D eigenvalue weighted by Gasteiger charge is -2.57. The van der Waals surface area contributed by atoms with Gasteiger partial charge in [-0.3, -0.25) is 4.79 Å². The highest BCUT2D eigenvalue weighted by Gasteiger charge is 2.72. The largest absolute Gasteiger partial charge is 0.417 e. The number of ketones is 1. The summed E-state index contributed by atoms with van der Waals surface area (Å²) in [5, 5.41) is 11.2. The molecule has 6 atom stereocenters. The highest BCUT2D eigenvalue weighted by molar-refractivity contribution is 6.43. The molecule has 0 spiro atoms. The molecule has 4 aliphatic rings. The molecule has 146 valence electrons. The smallest absolute Gasteiger partial charge is 0.380 e. The summed E-state index contributed by atoms with van der Waals surface area (Å²) in [7, 11) is 0. The van der Waals surface area contributed by atoms with Gasteiger partial charge in [-0.15, -0.1) is 0 Å². The van der Waals surface area contributed by atoms with Crippen molar-refractivity contribution < 1.29 is 23.1 Å². The molecule has 0 radical (unpaired) electrons. The van der Waals surface area contributed by atoms with Crippen LogP contribution in [0.2, 0.25) is 0 Å². The molecule has 0 aromatic heterocycles. The first-order valence-corrected chi connectivity index (χ1v) is 10.2. The Kier molecular flexibility index (Phi) is 4.32. The van der Waals surface area contributed by atoms with Crippen LogP contribution in [0.3, 0.4) is 0 Å². The molecule has 6 heteroatoms. The van der Waals surface area contributed by atoms with Gasteiger partial charge in [0.15, 0.2) is 11.4 Å². The van der Waals surface area contributed by atoms with Crippen molar-refractivity contribution in [1.82, 2.24) is 0 Å². The van der Waals surface area contributed by atoms with Gasteiger partial charge < -0.3 is 5.11 Å². The van der Waals surface area contributed by atoms with Gasteiger partial charge in [-0.2, -0.15) is 13.2 Å². The molecule has 0 saturated heterocycles. The standard InChI is InChI=1S/C20H26ClF3O2/c1-2-18-9-7-12-11-5-6-16(25)17(21)14(11)4-3-13(12)15(18)8-10-19(18,26)20(22,23)24/h11-13,15,26H,2-10H2,1H3/t11-,12-,13-,15+,18?,19?/m1/s1. The van der Waals surface area contributed by atoms with E-state index >= 15 is 0 Å². The molecule has 0 aromatic carbocycles. The summed E-state index contributed by atoms with van der Waals surface area (Å²) >= 11 is 6.28. The van der Waals surface area contributed by atoms with Crippen LogP contribution in [-0.2, 0) is 4.79 Å². The van der Waals surface area contributed by atoms with Crippen LogP contribution in [0.1, 0.15) is 64.7 Å². The normalized spacial score (nSPS) is 46.0. The van der Waals surface area contributed by atoms with Crippen LogP contribution in [0.15, 0.2) is 10.6 Å². The van der Waals surface area contributed by atoms with E-state index < -0.39 is 17.2 Å². The fourth-order valence-electron chi connectivity index (χ4n) is 7.22. The van der Waals surface area contributed by atoms with Crippen molar-refractivity contribution in [3.63, 3.8) is 0 Å². The van der Waals surface area contributed by atoms with Crippen molar-refractivity contribution in [2.24, 2.45) is 29.1 Å². The predicted molar refractivity (Wildman–Crippen MR) is 92.5 cm³/mol. The molecule has 3 saturated carbocycles. The zero-order chi connectivity index (χ0) is 18.9. The molecule has 1 N–H and O–H groups in total. The lowest BCUT2D eigenvalue weighted by atomic mass is 9.49. The van der Waals surface area contributed by atoms with Gasteiger partial charge in [0.1, 0.15) is 0 Å². The average molecular weight is 391 g/mol. The maximum atomic E-state index is 13.8. The van der Waals surface area contributed by atoms with Gasteiger partial charge >= 0.3 is 6.18 Å². The first-order chi connectivity index (χ1) is 12.2. The molecule has 2 unspecified atom stereocenters. The van der Waals surface area contributed by atoms with Crippen LogP contribution >= 0.6 is 11.6 Å². The highest BCUT2D eigenvalue weighted by atomic mass is 35.5. The van der Waals surface area contributed by atoms with Gasteiger partial charge in [-0.1, -0.05) is 18.5 Å². The van der Waals surface area contributed by atoms with Gasteiger partial charge in [0, 0.05) is 11.8 Å². The Balaban J connectivity index is 1.69. The zero-order valence-corrected chi connectivity index (χ0v) is 15.8. The lowest BCUT2D eigenvalue weighted by molar-refractivity contribution is -0.306. The Labute approximate surface area is 157 Å². The van der Waals surface area contributed by atoms with E-state index in [0.717, 1.165) is 24.8 Å². The second kappa shape index (κ2) is 5.97. The Hall–Kier alpha value is -0.550. The second-order valence-corrected chi connectivity index (χ2v) is 9.20. The third-order valence-electron chi connectivity index (χ3n) is 8.36. The third-order valence-corrected chi connectivity index (χ3v) is 8.82. The number of carbonyl (C=O) groups is 1. The van der Waals surface area contributed by atoms with Crippen LogP contribution in [0, 0.1) is 29.1 Å². The van der Waals surface area contributed by atoms with E-state index in [1.54, 1.807) is 6.92 Å². The quantitative estimate of drug-likeness (QED) is 0.652. The zero-order valence-electron chi connectivity index (χ0n) is 15.0. The van der Waals surface area contributed by atoms with Crippen molar-refractivity contribution in [2.75, 3.05) is 0 Å². The number of aliphatic hydroxyl groups is 1. The van der Waals surface area contributed by atoms with Gasteiger partial charge in [-0.25, -0.2) is 0 Å². The van der Waals surface area contributed by atoms with E-state index in [4.69, 9.17) is 11.6 Å². The molecule has 0 aromatic rings. The number of fused-ring (bicyclic) bond motifs is 5. The molecule has 4 aliphatic carbocycles. The number of Topliss-reactive ketones (excluding diaryl/α,β-unsaturated/α-hetero) is 1. The summed E-state index contributed by atoms with van der Waals surface area (Å²) in [6.07, 6.45) is -0.0893. The van der Waals surface area contributed by atoms with Gasteiger partial charge in [0.25, 0.3) is 0 Å². The summed E-state index contributed by atoms with van der Waals surface area (Å²) in [6.45, 7) is 1.81. The summed E-state index contributed by atoms with van der Waals surface area (Å²) in [4.78, 5) is 11.9. The second-order valence-electron chi connectivity index (χ2n) is 8.83. The summed E-state index contributed by atoms with van der Waals surface area (Å²) in [5.74, 6) is 0.680. The predicted octanol–water partition coefficient (Wildman–Crippen LogP) is 5.38. The van der Waals surface area contributed by atoms with E-state index in [2.05, 4.69) is 0 Å². The fourth-order valence-corrected chi connectivity index (χ4v) is 7.55. The van der Waals surface area contributed by atoms with Crippen molar-refractivity contribution in [1.29, 1.82) is 0 Å². The number of halogens is 4. The minimum Gasteiger partial charge on any atom is -0.380 e. The van der Waals surface area contributed by atoms with Gasteiger partial charge in [0.2, 0.25) is 0 Å². The summed E-state index contributed by atoms with van der Waals surface area (Å²) in [5.41, 5.74) is -2.56. The fraction of sp³-hybridized carbons (Fsp3) is 0.850.